The minimum absolute atomic E-state index is 0.0513. The third-order valence-corrected chi connectivity index (χ3v) is 5.02. The van der Waals surface area contributed by atoms with E-state index in [1.165, 1.54) is 7.11 Å². The first-order valence-corrected chi connectivity index (χ1v) is 8.09. The van der Waals surface area contributed by atoms with Gasteiger partial charge in [0.1, 0.15) is 6.04 Å². The number of hydrogen-bond donors (Lipinski definition) is 1. The number of benzene rings is 2. The Bertz CT molecular complexity index is 823. The zero-order valence-electron chi connectivity index (χ0n) is 13.0. The Labute approximate surface area is 144 Å². The summed E-state index contributed by atoms with van der Waals surface area (Å²) in [6, 6.07) is 10.5. The second-order valence-corrected chi connectivity index (χ2v) is 6.34. The predicted octanol–water partition coefficient (Wildman–Crippen LogP) is 3.84. The maximum atomic E-state index is 12.3. The summed E-state index contributed by atoms with van der Waals surface area (Å²) in [4.78, 5) is 14.0. The SMILES string of the molecule is COc1cc2c(cc1O)[C@H]1[C@H](c3ccccc3Cl)OC(=O)N1CC2. The fraction of sp³-hybridized carbons (Fsp3) is 0.278. The van der Waals surface area contributed by atoms with Crippen molar-refractivity contribution in [3.05, 3.63) is 58.1 Å². The molecule has 0 aromatic heterocycles. The molecule has 2 aliphatic heterocycles. The van der Waals surface area contributed by atoms with Crippen LogP contribution in [0.4, 0.5) is 4.79 Å². The van der Waals surface area contributed by atoms with Gasteiger partial charge in [0.25, 0.3) is 0 Å². The van der Waals surface area contributed by atoms with Crippen molar-refractivity contribution in [3.8, 4) is 11.5 Å². The van der Waals surface area contributed by atoms with Crippen molar-refractivity contribution in [2.24, 2.45) is 0 Å². The van der Waals surface area contributed by atoms with Gasteiger partial charge in [0.05, 0.1) is 7.11 Å². The smallest absolute Gasteiger partial charge is 0.411 e. The van der Waals surface area contributed by atoms with Crippen LogP contribution < -0.4 is 4.74 Å². The molecule has 1 amide bonds. The molecule has 6 heteroatoms. The maximum Gasteiger partial charge on any atom is 0.411 e. The van der Waals surface area contributed by atoms with Gasteiger partial charge in [0.15, 0.2) is 17.6 Å². The van der Waals surface area contributed by atoms with Crippen molar-refractivity contribution in [2.45, 2.75) is 18.6 Å². The van der Waals surface area contributed by atoms with Gasteiger partial charge in [-0.15, -0.1) is 0 Å². The highest BCUT2D eigenvalue weighted by Crippen LogP contribution is 2.49. The number of rotatable bonds is 2. The molecule has 124 valence electrons. The summed E-state index contributed by atoms with van der Waals surface area (Å²) in [6.07, 6.45) is -0.170. The van der Waals surface area contributed by atoms with E-state index in [4.69, 9.17) is 21.1 Å². The van der Waals surface area contributed by atoms with Crippen LogP contribution in [0.1, 0.15) is 28.8 Å². The lowest BCUT2D eigenvalue weighted by Gasteiger charge is -2.32. The van der Waals surface area contributed by atoms with Crippen molar-refractivity contribution in [1.29, 1.82) is 0 Å². The van der Waals surface area contributed by atoms with E-state index in [0.717, 1.165) is 16.7 Å². The number of nitrogens with zero attached hydrogens (tertiary/aromatic N) is 1. The number of carbonyl (C=O) groups excluding carboxylic acids is 1. The zero-order valence-corrected chi connectivity index (χ0v) is 13.8. The minimum atomic E-state index is -0.502. The van der Waals surface area contributed by atoms with Crippen LogP contribution >= 0.6 is 11.6 Å². The van der Waals surface area contributed by atoms with Gasteiger partial charge in [-0.25, -0.2) is 4.79 Å². The van der Waals surface area contributed by atoms with Crippen molar-refractivity contribution >= 4 is 17.7 Å². The van der Waals surface area contributed by atoms with Crippen LogP contribution in [-0.4, -0.2) is 29.8 Å². The molecular weight excluding hydrogens is 330 g/mol. The van der Waals surface area contributed by atoms with Gasteiger partial charge in [0.2, 0.25) is 0 Å². The summed E-state index contributed by atoms with van der Waals surface area (Å²) >= 11 is 6.31. The van der Waals surface area contributed by atoms with Crippen molar-refractivity contribution in [2.75, 3.05) is 13.7 Å². The highest BCUT2D eigenvalue weighted by molar-refractivity contribution is 6.31. The van der Waals surface area contributed by atoms with Gasteiger partial charge in [-0.1, -0.05) is 29.8 Å². The Morgan fingerprint density at radius 3 is 2.83 bits per heavy atom. The maximum absolute atomic E-state index is 12.3. The van der Waals surface area contributed by atoms with Crippen LogP contribution in [0.25, 0.3) is 0 Å². The summed E-state index contributed by atoms with van der Waals surface area (Å²) in [5.41, 5.74) is 2.68. The Kier molecular flexibility index (Phi) is 3.53. The molecule has 0 radical (unpaired) electrons. The molecule has 1 saturated heterocycles. The third-order valence-electron chi connectivity index (χ3n) is 4.68. The molecule has 0 unspecified atom stereocenters. The summed E-state index contributed by atoms with van der Waals surface area (Å²) in [6.45, 7) is 0.561. The minimum Gasteiger partial charge on any atom is -0.504 e. The van der Waals surface area contributed by atoms with Gasteiger partial charge in [-0.2, -0.15) is 0 Å². The first-order chi connectivity index (χ1) is 11.6. The number of amides is 1. The molecule has 2 aromatic rings. The van der Waals surface area contributed by atoms with Gasteiger partial charge in [-0.05, 0) is 35.7 Å². The lowest BCUT2D eigenvalue weighted by molar-refractivity contribution is 0.130. The Morgan fingerprint density at radius 1 is 1.29 bits per heavy atom. The molecule has 0 saturated carbocycles. The van der Waals surface area contributed by atoms with E-state index in [-0.39, 0.29) is 17.9 Å². The number of hydrogen-bond acceptors (Lipinski definition) is 4. The first-order valence-electron chi connectivity index (χ1n) is 7.71. The second kappa shape index (κ2) is 5.60. The monoisotopic (exact) mass is 345 g/mol. The van der Waals surface area contributed by atoms with E-state index in [9.17, 15) is 9.90 Å². The van der Waals surface area contributed by atoms with Gasteiger partial charge in [-0.3, -0.25) is 4.90 Å². The standard InChI is InChI=1S/C18H16ClNO4/c1-23-15-8-10-6-7-20-16(12(10)9-14(15)21)17(24-18(20)22)11-4-2-3-5-13(11)19/h2-5,8-9,16-17,21H,6-7H2,1H3/t16-,17-/m0/s1. The molecule has 1 fully saturated rings. The fourth-order valence-electron chi connectivity index (χ4n) is 3.54. The summed E-state index contributed by atoms with van der Waals surface area (Å²) in [5, 5.41) is 10.7. The van der Waals surface area contributed by atoms with Gasteiger partial charge >= 0.3 is 6.09 Å². The Balaban J connectivity index is 1.84. The molecule has 0 aliphatic carbocycles. The number of cyclic esters (lactones) is 1. The molecule has 0 bridgehead atoms. The van der Waals surface area contributed by atoms with Crippen LogP contribution in [0.3, 0.4) is 0 Å². The van der Waals surface area contributed by atoms with Crippen LogP contribution in [0.5, 0.6) is 11.5 Å². The average molecular weight is 346 g/mol. The van der Waals surface area contributed by atoms with Gasteiger partial charge < -0.3 is 14.6 Å². The van der Waals surface area contributed by atoms with E-state index in [2.05, 4.69) is 0 Å². The molecule has 2 aromatic carbocycles. The number of aromatic hydroxyl groups is 1. The zero-order chi connectivity index (χ0) is 16.8. The number of fused-ring (bicyclic) bond motifs is 3. The normalized spacial score (nSPS) is 21.9. The largest absolute Gasteiger partial charge is 0.504 e. The lowest BCUT2D eigenvalue weighted by Crippen LogP contribution is -2.34. The summed E-state index contributed by atoms with van der Waals surface area (Å²) in [7, 11) is 1.52. The van der Waals surface area contributed by atoms with Crippen LogP contribution in [0, 0.1) is 0 Å². The molecule has 5 nitrogen and oxygen atoms in total. The lowest BCUT2D eigenvalue weighted by atomic mass is 9.87. The van der Waals surface area contributed by atoms with Crippen molar-refractivity contribution in [1.82, 2.24) is 4.90 Å². The predicted molar refractivity (Wildman–Crippen MR) is 88.5 cm³/mol. The number of methoxy groups -OCH3 is 1. The fourth-order valence-corrected chi connectivity index (χ4v) is 3.78. The van der Waals surface area contributed by atoms with Crippen LogP contribution in [0.15, 0.2) is 36.4 Å². The van der Waals surface area contributed by atoms with Crippen LogP contribution in [-0.2, 0) is 11.2 Å². The topological polar surface area (TPSA) is 59.0 Å². The van der Waals surface area contributed by atoms with E-state index < -0.39 is 6.10 Å². The molecular formula is C18H16ClNO4. The van der Waals surface area contributed by atoms with Gasteiger partial charge in [0, 0.05) is 17.1 Å². The van der Waals surface area contributed by atoms with Crippen LogP contribution in [0.2, 0.25) is 5.02 Å². The highest BCUT2D eigenvalue weighted by atomic mass is 35.5. The number of phenols is 1. The van der Waals surface area contributed by atoms with E-state index in [0.29, 0.717) is 23.7 Å². The quantitative estimate of drug-likeness (QED) is 0.898. The summed E-state index contributed by atoms with van der Waals surface area (Å²) in [5.74, 6) is 0.483. The van der Waals surface area contributed by atoms with Crippen molar-refractivity contribution in [3.63, 3.8) is 0 Å². The van der Waals surface area contributed by atoms with E-state index in [1.54, 1.807) is 17.0 Å². The first kappa shape index (κ1) is 15.1. The number of carbonyl (C=O) groups is 1. The highest BCUT2D eigenvalue weighted by Gasteiger charge is 2.47. The summed E-state index contributed by atoms with van der Waals surface area (Å²) < 4.78 is 10.8. The molecule has 2 heterocycles. The number of phenolic OH excluding ortho intramolecular Hbond substituents is 1. The molecule has 2 atom stereocenters. The van der Waals surface area contributed by atoms with E-state index in [1.807, 2.05) is 24.3 Å². The molecule has 4 rings (SSSR count). The molecule has 0 spiro atoms. The number of ether oxygens (including phenoxy) is 2. The third kappa shape index (κ3) is 2.19. The Hall–Kier alpha value is -2.40. The number of halogens is 1. The molecule has 2 aliphatic rings. The Morgan fingerprint density at radius 2 is 2.08 bits per heavy atom. The van der Waals surface area contributed by atoms with Crippen molar-refractivity contribution < 1.29 is 19.4 Å². The second-order valence-electron chi connectivity index (χ2n) is 5.94. The average Bonchev–Trinajstić information content (AvgIpc) is 2.92. The molecule has 1 N–H and O–H groups in total. The molecule has 24 heavy (non-hydrogen) atoms. The van der Waals surface area contributed by atoms with E-state index >= 15 is 0 Å².